The normalized spacial score (nSPS) is 26.2. The van der Waals surface area contributed by atoms with Crippen LogP contribution >= 0.6 is 0 Å². The Bertz CT molecular complexity index is 1110. The topological polar surface area (TPSA) is 196 Å². The van der Waals surface area contributed by atoms with Crippen molar-refractivity contribution in [3.05, 3.63) is 40.2 Å². The number of carboxylic acids is 1. The van der Waals surface area contributed by atoms with Gasteiger partial charge in [0.2, 0.25) is 5.91 Å². The van der Waals surface area contributed by atoms with E-state index in [0.717, 1.165) is 6.92 Å². The molecule has 6 atom stereocenters. The molecule has 13 heteroatoms. The summed E-state index contributed by atoms with van der Waals surface area (Å²) in [5, 5.41) is 53.0. The molecule has 2 heterocycles. The smallest absolute Gasteiger partial charge is 0.377 e. The zero-order valence-electron chi connectivity index (χ0n) is 18.8. The van der Waals surface area contributed by atoms with Gasteiger partial charge in [-0.2, -0.15) is 0 Å². The van der Waals surface area contributed by atoms with Crippen molar-refractivity contribution in [1.82, 2.24) is 5.32 Å². The van der Waals surface area contributed by atoms with Gasteiger partial charge >= 0.3 is 17.4 Å². The third-order valence-corrected chi connectivity index (χ3v) is 5.39. The molecular formula is C21H25NNaO11. The van der Waals surface area contributed by atoms with Gasteiger partial charge in [0.25, 0.3) is 0 Å². The predicted molar refractivity (Wildman–Crippen MR) is 116 cm³/mol. The first-order valence-electron chi connectivity index (χ1n) is 10.0. The van der Waals surface area contributed by atoms with E-state index in [1.165, 1.54) is 18.2 Å². The molecule has 0 aliphatic carbocycles. The van der Waals surface area contributed by atoms with E-state index in [0.29, 0.717) is 10.9 Å². The van der Waals surface area contributed by atoms with Crippen molar-refractivity contribution in [2.75, 3.05) is 6.61 Å². The van der Waals surface area contributed by atoms with Crippen LogP contribution < -0.4 is 15.7 Å². The first-order valence-corrected chi connectivity index (χ1v) is 10.0. The standard InChI is InChI=1S/C21H25NO11.Na/c1-9-5-16(27)31-15-6-11(3-4-12(9)15)32-21(20(29)30)7-13(25)17(22-10(2)24)19(33-21)18(28)14(26)8-23;/h3-6,13-14,17-19,23,25-26,28H,7-8H2,1-2H3,(H,22,24)(H,29,30);/t13-,14+,17+,18+,19+,21-;/m0./s1. The SMILES string of the molecule is CC(=O)N[C@H]1[C@H]([C@H](O)[C@H](O)CO)O[C@](Oc2ccc3c(C)cc(=O)oc3c2)(C(=O)O)C[C@@H]1O.[Na]. The Morgan fingerprint density at radius 3 is 2.56 bits per heavy atom. The van der Waals surface area contributed by atoms with Gasteiger partial charge in [0.15, 0.2) is 0 Å². The maximum atomic E-state index is 12.2. The number of aryl methyl sites for hydroxylation is 1. The minimum Gasteiger partial charge on any atom is -0.476 e. The summed E-state index contributed by atoms with van der Waals surface area (Å²) in [6.45, 7) is 1.94. The number of carbonyl (C=O) groups is 2. The van der Waals surface area contributed by atoms with Gasteiger partial charge in [0.05, 0.1) is 25.2 Å². The molecule has 12 nitrogen and oxygen atoms in total. The van der Waals surface area contributed by atoms with E-state index in [4.69, 9.17) is 13.9 Å². The Hall–Kier alpha value is -2.03. The number of benzene rings is 1. The molecule has 1 aromatic heterocycles. The molecule has 0 bridgehead atoms. The number of hydrogen-bond donors (Lipinski definition) is 6. The minimum atomic E-state index is -2.55. The summed E-state index contributed by atoms with van der Waals surface area (Å²) in [6, 6.07) is 4.21. The molecule has 1 aromatic carbocycles. The second-order valence-corrected chi connectivity index (χ2v) is 7.89. The van der Waals surface area contributed by atoms with E-state index < -0.39 is 66.8 Å². The zero-order valence-corrected chi connectivity index (χ0v) is 20.8. The first-order chi connectivity index (χ1) is 15.5. The number of hydrogen-bond acceptors (Lipinski definition) is 10. The number of fused-ring (bicyclic) bond motifs is 1. The van der Waals surface area contributed by atoms with Crippen LogP contribution in [-0.2, 0) is 14.3 Å². The largest absolute Gasteiger partial charge is 0.476 e. The number of aliphatic hydroxyl groups excluding tert-OH is 4. The van der Waals surface area contributed by atoms with E-state index in [2.05, 4.69) is 5.32 Å². The van der Waals surface area contributed by atoms with Crippen LogP contribution in [0.15, 0.2) is 33.5 Å². The molecular weight excluding hydrogens is 465 g/mol. The van der Waals surface area contributed by atoms with E-state index in [-0.39, 0.29) is 40.9 Å². The van der Waals surface area contributed by atoms with Gasteiger partial charge < -0.3 is 44.7 Å². The van der Waals surface area contributed by atoms with E-state index in [9.17, 15) is 39.9 Å². The molecule has 3 rings (SSSR count). The van der Waals surface area contributed by atoms with E-state index in [1.54, 1.807) is 13.0 Å². The summed E-state index contributed by atoms with van der Waals surface area (Å²) in [4.78, 5) is 35.5. The fraction of sp³-hybridized carbons (Fsp3) is 0.476. The molecule has 1 fully saturated rings. The average Bonchev–Trinajstić information content (AvgIpc) is 2.73. The Labute approximate surface area is 215 Å². The molecule has 6 N–H and O–H groups in total. The molecule has 2 aromatic rings. The third kappa shape index (κ3) is 5.78. The number of ether oxygens (including phenoxy) is 2. The number of nitrogens with one attached hydrogen (secondary N) is 1. The summed E-state index contributed by atoms with van der Waals surface area (Å²) in [5.74, 6) is -4.90. The molecule has 0 unspecified atom stereocenters. The molecule has 1 aliphatic heterocycles. The van der Waals surface area contributed by atoms with Crippen molar-refractivity contribution in [2.24, 2.45) is 0 Å². The molecule has 0 spiro atoms. The van der Waals surface area contributed by atoms with Crippen molar-refractivity contribution in [1.29, 1.82) is 0 Å². The van der Waals surface area contributed by atoms with E-state index in [1.807, 2.05) is 0 Å². The van der Waals surface area contributed by atoms with Gasteiger partial charge in [-0.25, -0.2) is 9.59 Å². The fourth-order valence-corrected chi connectivity index (χ4v) is 3.79. The number of carbonyl (C=O) groups excluding carboxylic acids is 1. The quantitative estimate of drug-likeness (QED) is 0.190. The number of rotatable bonds is 7. The van der Waals surface area contributed by atoms with Crippen molar-refractivity contribution < 1.29 is 49.0 Å². The Morgan fingerprint density at radius 2 is 1.97 bits per heavy atom. The van der Waals surface area contributed by atoms with Crippen molar-refractivity contribution in [3.8, 4) is 5.75 Å². The second kappa shape index (κ2) is 11.1. The van der Waals surface area contributed by atoms with Gasteiger partial charge in [-0.3, -0.25) is 4.79 Å². The monoisotopic (exact) mass is 490 g/mol. The summed E-state index contributed by atoms with van der Waals surface area (Å²) < 4.78 is 16.3. The molecule has 1 amide bonds. The van der Waals surface area contributed by atoms with Gasteiger partial charge in [0.1, 0.15) is 29.6 Å². The van der Waals surface area contributed by atoms with Gasteiger partial charge in [-0.05, 0) is 24.6 Å². The molecule has 1 saturated heterocycles. The number of carboxylic acid groups (broad SMARTS) is 1. The van der Waals surface area contributed by atoms with Crippen LogP contribution in [0.3, 0.4) is 0 Å². The maximum Gasteiger partial charge on any atom is 0.377 e. The van der Waals surface area contributed by atoms with Crippen LogP contribution in [0.5, 0.6) is 5.75 Å². The fourth-order valence-electron chi connectivity index (χ4n) is 3.79. The summed E-state index contributed by atoms with van der Waals surface area (Å²) >= 11 is 0. The van der Waals surface area contributed by atoms with Crippen LogP contribution in [0.4, 0.5) is 0 Å². The average molecular weight is 490 g/mol. The molecule has 1 radical (unpaired) electrons. The van der Waals surface area contributed by atoms with Crippen LogP contribution in [0.25, 0.3) is 11.0 Å². The van der Waals surface area contributed by atoms with Crippen LogP contribution in [0, 0.1) is 6.92 Å². The Kier molecular flexibility index (Phi) is 9.24. The van der Waals surface area contributed by atoms with Crippen LogP contribution in [0.1, 0.15) is 18.9 Å². The van der Waals surface area contributed by atoms with Gasteiger partial charge in [-0.15, -0.1) is 0 Å². The van der Waals surface area contributed by atoms with Gasteiger partial charge in [-0.1, -0.05) is 0 Å². The number of aliphatic carboxylic acids is 1. The molecule has 0 saturated carbocycles. The van der Waals surface area contributed by atoms with Crippen molar-refractivity contribution in [3.63, 3.8) is 0 Å². The molecule has 1 aliphatic rings. The van der Waals surface area contributed by atoms with Crippen LogP contribution in [0.2, 0.25) is 0 Å². The number of amides is 1. The van der Waals surface area contributed by atoms with Crippen LogP contribution in [-0.4, -0.2) is 110 Å². The predicted octanol–water partition coefficient (Wildman–Crippen LogP) is -1.75. The number of aliphatic hydroxyl groups is 4. The summed E-state index contributed by atoms with van der Waals surface area (Å²) in [5.41, 5.74) is 0.135. The van der Waals surface area contributed by atoms with Crippen molar-refractivity contribution in [2.45, 2.75) is 56.5 Å². The summed E-state index contributed by atoms with van der Waals surface area (Å²) in [6.07, 6.45) is -7.56. The van der Waals surface area contributed by atoms with Gasteiger partial charge in [0, 0.05) is 54.0 Å². The zero-order chi connectivity index (χ0) is 24.5. The molecule has 34 heavy (non-hydrogen) atoms. The third-order valence-electron chi connectivity index (χ3n) is 5.39. The summed E-state index contributed by atoms with van der Waals surface area (Å²) in [7, 11) is 0. The minimum absolute atomic E-state index is 0. The second-order valence-electron chi connectivity index (χ2n) is 7.89. The Morgan fingerprint density at radius 1 is 1.29 bits per heavy atom. The van der Waals surface area contributed by atoms with Crippen molar-refractivity contribution >= 4 is 52.4 Å². The first kappa shape index (κ1) is 28.2. The Balaban J connectivity index is 0.00000408. The molecule has 181 valence electrons. The van der Waals surface area contributed by atoms with E-state index >= 15 is 0 Å². The maximum absolute atomic E-state index is 12.2.